The van der Waals surface area contributed by atoms with Crippen LogP contribution in [0.2, 0.25) is 0 Å². The van der Waals surface area contributed by atoms with E-state index in [9.17, 15) is 5.11 Å². The van der Waals surface area contributed by atoms with Gasteiger partial charge in [0.15, 0.2) is 6.29 Å². The van der Waals surface area contributed by atoms with Crippen molar-refractivity contribution in [2.24, 2.45) is 0 Å². The van der Waals surface area contributed by atoms with Gasteiger partial charge in [-0.25, -0.2) is 0 Å². The Kier molecular flexibility index (Phi) is 3.04. The zero-order chi connectivity index (χ0) is 10.1. The number of aliphatic hydroxyl groups excluding tert-OH is 2. The minimum Gasteiger partial charge on any atom is -0.394 e. The third-order valence-electron chi connectivity index (χ3n) is 2.66. The Bertz CT molecular complexity index is 198. The molecule has 0 aromatic rings. The summed E-state index contributed by atoms with van der Waals surface area (Å²) in [6.45, 7) is 2.14. The third-order valence-corrected chi connectivity index (χ3v) is 2.66. The van der Waals surface area contributed by atoms with E-state index in [1.807, 2.05) is 0 Å². The largest absolute Gasteiger partial charge is 0.394 e. The molecule has 0 aliphatic carbocycles. The molecule has 0 amide bonds. The van der Waals surface area contributed by atoms with E-state index in [0.29, 0.717) is 13.0 Å². The summed E-state index contributed by atoms with van der Waals surface area (Å²) in [7, 11) is 0. The maximum Gasteiger partial charge on any atom is 0.155 e. The van der Waals surface area contributed by atoms with Crippen LogP contribution in [0.3, 0.4) is 0 Å². The zero-order valence-corrected chi connectivity index (χ0v) is 8.13. The molecule has 82 valence electrons. The van der Waals surface area contributed by atoms with Crippen LogP contribution in [-0.2, 0) is 14.2 Å². The van der Waals surface area contributed by atoms with Crippen molar-refractivity contribution in [1.82, 2.24) is 0 Å². The van der Waals surface area contributed by atoms with E-state index in [-0.39, 0.29) is 31.2 Å². The molecule has 5 nitrogen and oxygen atoms in total. The van der Waals surface area contributed by atoms with Crippen molar-refractivity contribution >= 4 is 0 Å². The molecule has 2 heterocycles. The quantitative estimate of drug-likeness (QED) is 0.588. The summed E-state index contributed by atoms with van der Waals surface area (Å²) in [5, 5.41) is 18.7. The van der Waals surface area contributed by atoms with Crippen molar-refractivity contribution in [1.29, 1.82) is 0 Å². The fraction of sp³-hybridized carbons (Fsp3) is 1.00. The van der Waals surface area contributed by atoms with Crippen LogP contribution < -0.4 is 0 Å². The Morgan fingerprint density at radius 3 is 2.86 bits per heavy atom. The summed E-state index contributed by atoms with van der Waals surface area (Å²) in [5.41, 5.74) is 0. The molecule has 14 heavy (non-hydrogen) atoms. The number of fused-ring (bicyclic) bond motifs is 1. The molecule has 2 aliphatic rings. The van der Waals surface area contributed by atoms with Gasteiger partial charge in [0, 0.05) is 6.42 Å². The van der Waals surface area contributed by atoms with Gasteiger partial charge < -0.3 is 24.4 Å². The van der Waals surface area contributed by atoms with Gasteiger partial charge >= 0.3 is 0 Å². The topological polar surface area (TPSA) is 68.2 Å². The molecule has 2 fully saturated rings. The monoisotopic (exact) mass is 204 g/mol. The number of hydrogen-bond donors (Lipinski definition) is 2. The zero-order valence-electron chi connectivity index (χ0n) is 8.13. The first-order chi connectivity index (χ1) is 6.70. The average molecular weight is 204 g/mol. The third kappa shape index (κ3) is 1.92. The molecule has 2 aliphatic heterocycles. The highest BCUT2D eigenvalue weighted by atomic mass is 16.7. The lowest BCUT2D eigenvalue weighted by atomic mass is 9.97. The van der Waals surface area contributed by atoms with Gasteiger partial charge in [-0.05, 0) is 6.92 Å². The van der Waals surface area contributed by atoms with Crippen molar-refractivity contribution in [3.63, 3.8) is 0 Å². The van der Waals surface area contributed by atoms with Crippen LogP contribution >= 0.6 is 0 Å². The van der Waals surface area contributed by atoms with E-state index in [2.05, 4.69) is 0 Å². The molecule has 0 aromatic carbocycles. The highest BCUT2D eigenvalue weighted by Gasteiger charge is 2.42. The second-order valence-corrected chi connectivity index (χ2v) is 3.78. The maximum absolute atomic E-state index is 9.75. The predicted octanol–water partition coefficient (Wildman–Crippen LogP) is -0.742. The van der Waals surface area contributed by atoms with Crippen LogP contribution in [0.25, 0.3) is 0 Å². The average Bonchev–Trinajstić information content (AvgIpc) is 2.19. The van der Waals surface area contributed by atoms with Gasteiger partial charge in [0.2, 0.25) is 0 Å². The van der Waals surface area contributed by atoms with Crippen LogP contribution in [-0.4, -0.2) is 54.1 Å². The SMILES string of the molecule is C[C@@H]1OC[C@H]2O[C@H](CO)C[C@H](O)[C@@H]2O1. The fourth-order valence-corrected chi connectivity index (χ4v) is 1.95. The van der Waals surface area contributed by atoms with Crippen molar-refractivity contribution in [3.8, 4) is 0 Å². The first-order valence-electron chi connectivity index (χ1n) is 4.92. The Labute approximate surface area is 82.6 Å². The Morgan fingerprint density at radius 1 is 1.36 bits per heavy atom. The van der Waals surface area contributed by atoms with Crippen molar-refractivity contribution in [2.45, 2.75) is 44.1 Å². The van der Waals surface area contributed by atoms with Gasteiger partial charge in [-0.2, -0.15) is 0 Å². The van der Waals surface area contributed by atoms with Crippen molar-refractivity contribution in [2.75, 3.05) is 13.2 Å². The molecule has 0 spiro atoms. The summed E-state index contributed by atoms with van der Waals surface area (Å²) in [6.07, 6.45) is -1.32. The summed E-state index contributed by atoms with van der Waals surface area (Å²) < 4.78 is 16.2. The van der Waals surface area contributed by atoms with Crippen molar-refractivity contribution in [3.05, 3.63) is 0 Å². The maximum atomic E-state index is 9.75. The number of ether oxygens (including phenoxy) is 3. The summed E-state index contributed by atoms with van der Waals surface area (Å²) in [6, 6.07) is 0. The van der Waals surface area contributed by atoms with E-state index < -0.39 is 6.10 Å². The molecule has 5 heteroatoms. The molecular weight excluding hydrogens is 188 g/mol. The molecule has 5 atom stereocenters. The van der Waals surface area contributed by atoms with Gasteiger partial charge in [-0.1, -0.05) is 0 Å². The van der Waals surface area contributed by atoms with Gasteiger partial charge in [-0.3, -0.25) is 0 Å². The lowest BCUT2D eigenvalue weighted by Gasteiger charge is -2.43. The van der Waals surface area contributed by atoms with Crippen LogP contribution in [0.4, 0.5) is 0 Å². The van der Waals surface area contributed by atoms with Gasteiger partial charge in [0.05, 0.1) is 25.4 Å². The molecule has 2 saturated heterocycles. The van der Waals surface area contributed by atoms with Crippen molar-refractivity contribution < 1.29 is 24.4 Å². The van der Waals surface area contributed by atoms with Crippen LogP contribution in [0.5, 0.6) is 0 Å². The molecule has 2 N–H and O–H groups in total. The Balaban J connectivity index is 2.00. The van der Waals surface area contributed by atoms with Crippen LogP contribution in [0.15, 0.2) is 0 Å². The Hall–Kier alpha value is -0.200. The summed E-state index contributed by atoms with van der Waals surface area (Å²) in [4.78, 5) is 0. The van der Waals surface area contributed by atoms with Gasteiger partial charge in [0.1, 0.15) is 12.2 Å². The smallest absolute Gasteiger partial charge is 0.155 e. The molecule has 0 radical (unpaired) electrons. The highest BCUT2D eigenvalue weighted by molar-refractivity contribution is 4.88. The molecule has 0 bridgehead atoms. The number of hydrogen-bond acceptors (Lipinski definition) is 5. The molecule has 0 aromatic heterocycles. The van der Waals surface area contributed by atoms with E-state index >= 15 is 0 Å². The van der Waals surface area contributed by atoms with E-state index in [1.165, 1.54) is 0 Å². The Morgan fingerprint density at radius 2 is 2.14 bits per heavy atom. The minimum atomic E-state index is -0.572. The van der Waals surface area contributed by atoms with E-state index in [4.69, 9.17) is 19.3 Å². The minimum absolute atomic E-state index is 0.0736. The fourth-order valence-electron chi connectivity index (χ4n) is 1.95. The lowest BCUT2D eigenvalue weighted by molar-refractivity contribution is -0.302. The first kappa shape index (κ1) is 10.3. The molecule has 2 rings (SSSR count). The summed E-state index contributed by atoms with van der Waals surface area (Å²) in [5.74, 6) is 0. The normalized spacial score (nSPS) is 48.6. The molecular formula is C9H16O5. The number of rotatable bonds is 1. The van der Waals surface area contributed by atoms with Crippen LogP contribution in [0, 0.1) is 0 Å². The highest BCUT2D eigenvalue weighted by Crippen LogP contribution is 2.27. The standard InChI is InChI=1S/C9H16O5/c1-5-12-4-8-9(13-5)7(11)2-6(3-10)14-8/h5-11H,2-4H2,1H3/t5-,6+,7+,8-,9+/m1/s1. The number of aliphatic hydroxyl groups is 2. The second kappa shape index (κ2) is 4.12. The van der Waals surface area contributed by atoms with E-state index in [1.54, 1.807) is 6.92 Å². The van der Waals surface area contributed by atoms with Gasteiger partial charge in [-0.15, -0.1) is 0 Å². The first-order valence-corrected chi connectivity index (χ1v) is 4.92. The summed E-state index contributed by atoms with van der Waals surface area (Å²) >= 11 is 0. The molecule has 0 saturated carbocycles. The van der Waals surface area contributed by atoms with E-state index in [0.717, 1.165) is 0 Å². The van der Waals surface area contributed by atoms with Gasteiger partial charge in [0.25, 0.3) is 0 Å². The van der Waals surface area contributed by atoms with Crippen LogP contribution in [0.1, 0.15) is 13.3 Å². The second-order valence-electron chi connectivity index (χ2n) is 3.78. The molecule has 0 unspecified atom stereocenters. The predicted molar refractivity (Wildman–Crippen MR) is 46.7 cm³/mol. The lowest BCUT2D eigenvalue weighted by Crippen LogP contribution is -2.56.